The summed E-state index contributed by atoms with van der Waals surface area (Å²) in [6, 6.07) is 66.2. The van der Waals surface area contributed by atoms with E-state index in [0.717, 1.165) is 21.9 Å². The molecule has 10 aromatic rings. The van der Waals surface area contributed by atoms with Gasteiger partial charge >= 0.3 is 0 Å². The molecule has 1 aliphatic carbocycles. The molecule has 9 aromatic carbocycles. The molecule has 0 amide bonds. The van der Waals surface area contributed by atoms with E-state index in [1.54, 1.807) is 0 Å². The second kappa shape index (κ2) is 10.9. The van der Waals surface area contributed by atoms with Gasteiger partial charge in [-0.15, -0.1) is 0 Å². The number of hydrogen-bond donors (Lipinski definition) is 0. The highest BCUT2D eigenvalue weighted by atomic mass is 16.3. The van der Waals surface area contributed by atoms with Crippen molar-refractivity contribution in [3.63, 3.8) is 0 Å². The van der Waals surface area contributed by atoms with Crippen LogP contribution in [-0.4, -0.2) is 0 Å². The summed E-state index contributed by atoms with van der Waals surface area (Å²) in [6.45, 7) is 0. The molecule has 0 radical (unpaired) electrons. The van der Waals surface area contributed by atoms with Gasteiger partial charge in [0, 0.05) is 10.8 Å². The van der Waals surface area contributed by atoms with Gasteiger partial charge in [-0.25, -0.2) is 0 Å². The molecule has 0 unspecified atom stereocenters. The minimum absolute atomic E-state index is 0.917. The van der Waals surface area contributed by atoms with E-state index in [1.807, 2.05) is 12.1 Å². The van der Waals surface area contributed by atoms with Gasteiger partial charge in [0.25, 0.3) is 0 Å². The quantitative estimate of drug-likeness (QED) is 0.185. The second-order valence-corrected chi connectivity index (χ2v) is 13.6. The van der Waals surface area contributed by atoms with E-state index in [1.165, 1.54) is 88.3 Å². The molecule has 0 atom stereocenters. The smallest absolute Gasteiger partial charge is 0.135 e. The average molecular weight is 647 g/mol. The van der Waals surface area contributed by atoms with Crippen molar-refractivity contribution in [3.05, 3.63) is 182 Å². The van der Waals surface area contributed by atoms with Crippen molar-refractivity contribution in [2.75, 3.05) is 0 Å². The summed E-state index contributed by atoms with van der Waals surface area (Å²) in [4.78, 5) is 0. The first-order valence-electron chi connectivity index (χ1n) is 17.6. The van der Waals surface area contributed by atoms with Crippen molar-refractivity contribution in [2.24, 2.45) is 0 Å². The summed E-state index contributed by atoms with van der Waals surface area (Å²) in [7, 11) is 0. The van der Waals surface area contributed by atoms with Crippen LogP contribution in [0.1, 0.15) is 0 Å². The zero-order valence-electron chi connectivity index (χ0n) is 27.7. The zero-order chi connectivity index (χ0) is 33.5. The number of para-hydroxylation sites is 1. The van der Waals surface area contributed by atoms with Crippen LogP contribution < -0.4 is 0 Å². The number of furan rings is 1. The third-order valence-corrected chi connectivity index (χ3v) is 10.8. The van der Waals surface area contributed by atoms with Gasteiger partial charge < -0.3 is 4.42 Å². The molecule has 1 heteroatoms. The van der Waals surface area contributed by atoms with Crippen molar-refractivity contribution >= 4 is 43.5 Å². The Bertz CT molecular complexity index is 2910. The molecule has 0 fully saturated rings. The molecule has 0 bridgehead atoms. The van der Waals surface area contributed by atoms with Crippen LogP contribution >= 0.6 is 0 Å². The van der Waals surface area contributed by atoms with Gasteiger partial charge in [0.15, 0.2) is 0 Å². The highest BCUT2D eigenvalue weighted by Gasteiger charge is 2.31. The molecule has 1 aromatic heterocycles. The summed E-state index contributed by atoms with van der Waals surface area (Å²) >= 11 is 0. The Morgan fingerprint density at radius 3 is 1.49 bits per heavy atom. The molecular weight excluding hydrogens is 617 g/mol. The van der Waals surface area contributed by atoms with Gasteiger partial charge in [0.2, 0.25) is 0 Å². The van der Waals surface area contributed by atoms with Gasteiger partial charge in [0.1, 0.15) is 11.2 Å². The Hall–Kier alpha value is -6.70. The third kappa shape index (κ3) is 4.16. The highest BCUT2D eigenvalue weighted by Crippen LogP contribution is 2.58. The standard InChI is InChI=1S/C50H30O/c1-3-13-31(14-4-1)46-39-20-7-8-21-40(39)47(32-15-5-2-6-16-32)50-42-27-26-36(38-22-12-23-41(48(38)42)49(46)50)35-18-11-17-33(29-35)34-25-28-45-43(30-34)37-19-9-10-24-44(37)51-45/h1-30H. The fourth-order valence-electron chi connectivity index (χ4n) is 8.63. The number of rotatable bonds is 4. The Kier molecular flexibility index (Phi) is 6.02. The van der Waals surface area contributed by atoms with Gasteiger partial charge in [-0.2, -0.15) is 0 Å². The van der Waals surface area contributed by atoms with Crippen LogP contribution in [0.2, 0.25) is 0 Å². The van der Waals surface area contributed by atoms with Crippen LogP contribution in [0, 0.1) is 0 Å². The fourth-order valence-corrected chi connectivity index (χ4v) is 8.63. The topological polar surface area (TPSA) is 13.1 Å². The first kappa shape index (κ1) is 28.2. The first-order chi connectivity index (χ1) is 25.3. The maximum atomic E-state index is 6.14. The first-order valence-corrected chi connectivity index (χ1v) is 17.6. The summed E-state index contributed by atoms with van der Waals surface area (Å²) in [5, 5.41) is 7.45. The van der Waals surface area contributed by atoms with Gasteiger partial charge in [0.05, 0.1) is 0 Å². The van der Waals surface area contributed by atoms with Crippen LogP contribution in [-0.2, 0) is 0 Å². The summed E-state index contributed by atoms with van der Waals surface area (Å²) in [6.07, 6.45) is 0. The minimum Gasteiger partial charge on any atom is -0.456 e. The van der Waals surface area contributed by atoms with Crippen LogP contribution in [0.4, 0.5) is 0 Å². The summed E-state index contributed by atoms with van der Waals surface area (Å²) in [5.41, 5.74) is 17.0. The lowest BCUT2D eigenvalue weighted by atomic mass is 9.82. The Balaban J connectivity index is 1.16. The Morgan fingerprint density at radius 1 is 0.255 bits per heavy atom. The van der Waals surface area contributed by atoms with Crippen LogP contribution in [0.15, 0.2) is 186 Å². The SMILES string of the molecule is c1ccc(-c2c3c(c(-c4ccccc4)c4ccccc24)-c2ccc(-c4cccc(-c5ccc6oc7ccccc7c6c5)c4)c4cccc-3c24)cc1. The van der Waals surface area contributed by atoms with Crippen molar-refractivity contribution in [2.45, 2.75) is 0 Å². The minimum atomic E-state index is 0.917. The van der Waals surface area contributed by atoms with E-state index in [0.29, 0.717) is 0 Å². The van der Waals surface area contributed by atoms with Gasteiger partial charge in [-0.05, 0) is 113 Å². The molecule has 0 saturated heterocycles. The fraction of sp³-hybridized carbons (Fsp3) is 0. The molecule has 1 aliphatic rings. The lowest BCUT2D eigenvalue weighted by Gasteiger charge is -2.20. The van der Waals surface area contributed by atoms with Crippen molar-refractivity contribution in [3.8, 4) is 66.8 Å². The molecule has 0 N–H and O–H groups in total. The lowest BCUT2D eigenvalue weighted by molar-refractivity contribution is 0.669. The predicted octanol–water partition coefficient (Wildman–Crippen LogP) is 14.2. The normalized spacial score (nSPS) is 11.9. The molecule has 236 valence electrons. The third-order valence-electron chi connectivity index (χ3n) is 10.8. The number of fused-ring (bicyclic) bond motifs is 7. The van der Waals surface area contributed by atoms with Crippen molar-refractivity contribution in [1.29, 1.82) is 0 Å². The van der Waals surface area contributed by atoms with Crippen LogP contribution in [0.5, 0.6) is 0 Å². The van der Waals surface area contributed by atoms with Gasteiger partial charge in [-0.3, -0.25) is 0 Å². The van der Waals surface area contributed by atoms with Crippen LogP contribution in [0.25, 0.3) is 110 Å². The summed E-state index contributed by atoms with van der Waals surface area (Å²) in [5.74, 6) is 0. The molecule has 1 nitrogen and oxygen atoms in total. The Morgan fingerprint density at radius 2 is 0.765 bits per heavy atom. The van der Waals surface area contributed by atoms with E-state index in [4.69, 9.17) is 4.42 Å². The van der Waals surface area contributed by atoms with E-state index >= 15 is 0 Å². The lowest BCUT2D eigenvalue weighted by Crippen LogP contribution is -1.93. The largest absolute Gasteiger partial charge is 0.456 e. The molecule has 0 aliphatic heterocycles. The molecular formula is C50H30O. The van der Waals surface area contributed by atoms with E-state index < -0.39 is 0 Å². The molecule has 1 heterocycles. The maximum absolute atomic E-state index is 6.14. The summed E-state index contributed by atoms with van der Waals surface area (Å²) < 4.78 is 6.14. The predicted molar refractivity (Wildman–Crippen MR) is 215 cm³/mol. The maximum Gasteiger partial charge on any atom is 0.135 e. The number of hydrogen-bond acceptors (Lipinski definition) is 1. The average Bonchev–Trinajstić information content (AvgIpc) is 3.74. The molecule has 0 spiro atoms. The van der Waals surface area contributed by atoms with E-state index in [9.17, 15) is 0 Å². The van der Waals surface area contributed by atoms with Crippen molar-refractivity contribution in [1.82, 2.24) is 0 Å². The van der Waals surface area contributed by atoms with E-state index in [-0.39, 0.29) is 0 Å². The zero-order valence-corrected chi connectivity index (χ0v) is 27.7. The molecule has 51 heavy (non-hydrogen) atoms. The second-order valence-electron chi connectivity index (χ2n) is 13.6. The number of benzene rings is 9. The van der Waals surface area contributed by atoms with Crippen LogP contribution in [0.3, 0.4) is 0 Å². The van der Waals surface area contributed by atoms with E-state index in [2.05, 4.69) is 170 Å². The highest BCUT2D eigenvalue weighted by molar-refractivity contribution is 6.28. The Labute approximate surface area is 295 Å². The molecule has 0 saturated carbocycles. The van der Waals surface area contributed by atoms with Gasteiger partial charge in [-0.1, -0.05) is 158 Å². The van der Waals surface area contributed by atoms with Crippen molar-refractivity contribution < 1.29 is 4.42 Å². The molecule has 11 rings (SSSR count). The monoisotopic (exact) mass is 646 g/mol.